The molecule has 0 unspecified atom stereocenters. The number of ketones is 1. The number of Topliss-reactive ketones (excluding diaryl/α,β-unsaturated/α-hetero) is 1. The van der Waals surface area contributed by atoms with Crippen LogP contribution in [0.15, 0.2) is 60.7 Å². The first kappa shape index (κ1) is 26.0. The summed E-state index contributed by atoms with van der Waals surface area (Å²) in [6, 6.07) is 13.8. The van der Waals surface area contributed by atoms with Gasteiger partial charge in [0.1, 0.15) is 0 Å². The Morgan fingerprint density at radius 3 is 2.19 bits per heavy atom. The first-order valence-electron chi connectivity index (χ1n) is 11.2. The van der Waals surface area contributed by atoms with Crippen molar-refractivity contribution < 1.29 is 42.1 Å². The van der Waals surface area contributed by atoms with Gasteiger partial charge in [0.25, 0.3) is 5.91 Å². The maximum absolute atomic E-state index is 13.5. The Kier molecular flexibility index (Phi) is 6.88. The van der Waals surface area contributed by atoms with E-state index in [9.17, 15) is 27.9 Å². The fraction of sp³-hybridized carbons (Fsp3) is 0.259. The molecule has 0 aliphatic carbocycles. The molecule has 37 heavy (non-hydrogen) atoms. The predicted octanol–water partition coefficient (Wildman–Crippen LogP) is 4.74. The highest BCUT2D eigenvalue weighted by Crippen LogP contribution is 2.45. The molecule has 7 nitrogen and oxygen atoms in total. The third-order valence-corrected chi connectivity index (χ3v) is 6.24. The van der Waals surface area contributed by atoms with Gasteiger partial charge in [-0.15, -0.1) is 0 Å². The van der Waals surface area contributed by atoms with Crippen LogP contribution < -0.4 is 19.1 Å². The van der Waals surface area contributed by atoms with Crippen molar-refractivity contribution >= 4 is 17.4 Å². The van der Waals surface area contributed by atoms with E-state index < -0.39 is 35.5 Å². The summed E-state index contributed by atoms with van der Waals surface area (Å²) in [7, 11) is 4.20. The zero-order valence-electron chi connectivity index (χ0n) is 20.3. The summed E-state index contributed by atoms with van der Waals surface area (Å²) < 4.78 is 55.4. The van der Waals surface area contributed by atoms with Crippen molar-refractivity contribution in [3.8, 4) is 17.2 Å². The molecular weight excluding hydrogens is 491 g/mol. The number of nitrogens with zero attached hydrogens (tertiary/aromatic N) is 1. The van der Waals surface area contributed by atoms with E-state index in [2.05, 4.69) is 0 Å². The van der Waals surface area contributed by atoms with Crippen molar-refractivity contribution in [2.45, 2.75) is 24.7 Å². The molecule has 194 valence electrons. The van der Waals surface area contributed by atoms with Gasteiger partial charge in [0.2, 0.25) is 5.75 Å². The molecule has 3 aromatic carbocycles. The van der Waals surface area contributed by atoms with Gasteiger partial charge in [0, 0.05) is 11.1 Å². The second kappa shape index (κ2) is 9.78. The van der Waals surface area contributed by atoms with Crippen LogP contribution in [0.3, 0.4) is 0 Å². The van der Waals surface area contributed by atoms with Crippen LogP contribution in [-0.2, 0) is 23.1 Å². The fourth-order valence-corrected chi connectivity index (χ4v) is 4.44. The summed E-state index contributed by atoms with van der Waals surface area (Å²) >= 11 is 0. The van der Waals surface area contributed by atoms with Crippen molar-refractivity contribution in [2.24, 2.45) is 0 Å². The minimum Gasteiger partial charge on any atom is -0.493 e. The van der Waals surface area contributed by atoms with E-state index in [0.717, 1.165) is 12.1 Å². The third-order valence-electron chi connectivity index (χ3n) is 6.24. The van der Waals surface area contributed by atoms with E-state index in [1.54, 1.807) is 18.2 Å². The molecule has 1 aliphatic rings. The lowest BCUT2D eigenvalue weighted by Gasteiger charge is -2.23. The lowest BCUT2D eigenvalue weighted by Crippen LogP contribution is -2.41. The average molecular weight is 515 g/mol. The van der Waals surface area contributed by atoms with Crippen LogP contribution >= 0.6 is 0 Å². The SMILES string of the molecule is COc1cc(C(=O)C[C@]2(O)C(=O)N(Cc3cccc(C(F)(F)F)c3)c3ccccc32)cc(OC)c1OC. The van der Waals surface area contributed by atoms with Gasteiger partial charge in [-0.3, -0.25) is 9.59 Å². The molecular formula is C27H24F3NO6. The normalized spacial score (nSPS) is 16.9. The van der Waals surface area contributed by atoms with Crippen molar-refractivity contribution in [3.05, 3.63) is 82.9 Å². The highest BCUT2D eigenvalue weighted by molar-refractivity contribution is 6.10. The third kappa shape index (κ3) is 4.72. The van der Waals surface area contributed by atoms with Gasteiger partial charge in [0.05, 0.1) is 45.5 Å². The zero-order chi connectivity index (χ0) is 27.0. The monoisotopic (exact) mass is 515 g/mol. The van der Waals surface area contributed by atoms with Crippen LogP contribution in [0.25, 0.3) is 0 Å². The van der Waals surface area contributed by atoms with Crippen molar-refractivity contribution in [3.63, 3.8) is 0 Å². The summed E-state index contributed by atoms with van der Waals surface area (Å²) in [4.78, 5) is 28.0. The second-order valence-corrected chi connectivity index (χ2v) is 8.48. The number of methoxy groups -OCH3 is 3. The molecule has 1 heterocycles. The van der Waals surface area contributed by atoms with Crippen molar-refractivity contribution in [2.75, 3.05) is 26.2 Å². The zero-order valence-corrected chi connectivity index (χ0v) is 20.3. The summed E-state index contributed by atoms with van der Waals surface area (Å²) in [5.41, 5.74) is -2.24. The number of alkyl halides is 3. The van der Waals surface area contributed by atoms with Crippen LogP contribution in [0.4, 0.5) is 18.9 Å². The number of amides is 1. The molecule has 0 aromatic heterocycles. The number of para-hydroxylation sites is 1. The number of hydrogen-bond acceptors (Lipinski definition) is 6. The average Bonchev–Trinajstić information content (AvgIpc) is 3.09. The van der Waals surface area contributed by atoms with Crippen LogP contribution in [0.1, 0.15) is 33.5 Å². The number of ether oxygens (including phenoxy) is 3. The Balaban J connectivity index is 1.68. The van der Waals surface area contributed by atoms with E-state index in [4.69, 9.17) is 14.2 Å². The topological polar surface area (TPSA) is 85.3 Å². The van der Waals surface area contributed by atoms with E-state index in [1.807, 2.05) is 0 Å². The van der Waals surface area contributed by atoms with E-state index in [1.165, 1.54) is 56.6 Å². The molecule has 0 radical (unpaired) electrons. The van der Waals surface area contributed by atoms with Crippen molar-refractivity contribution in [1.82, 2.24) is 0 Å². The highest BCUT2D eigenvalue weighted by atomic mass is 19.4. The predicted molar refractivity (Wildman–Crippen MR) is 128 cm³/mol. The van der Waals surface area contributed by atoms with Crippen molar-refractivity contribution in [1.29, 1.82) is 0 Å². The summed E-state index contributed by atoms with van der Waals surface area (Å²) in [6.45, 7) is -0.222. The van der Waals surface area contributed by atoms with Crippen LogP contribution in [-0.4, -0.2) is 38.1 Å². The van der Waals surface area contributed by atoms with E-state index >= 15 is 0 Å². The lowest BCUT2D eigenvalue weighted by atomic mass is 9.88. The Hall–Kier alpha value is -4.05. The molecule has 1 N–H and O–H groups in total. The van der Waals surface area contributed by atoms with Gasteiger partial charge < -0.3 is 24.2 Å². The molecule has 4 rings (SSSR count). The Morgan fingerprint density at radius 1 is 0.946 bits per heavy atom. The summed E-state index contributed by atoms with van der Waals surface area (Å²) in [5, 5.41) is 11.6. The molecule has 0 bridgehead atoms. The van der Waals surface area contributed by atoms with Crippen LogP contribution in [0, 0.1) is 0 Å². The largest absolute Gasteiger partial charge is 0.493 e. The quantitative estimate of drug-likeness (QED) is 0.437. The number of fused-ring (bicyclic) bond motifs is 1. The standard InChI is InChI=1S/C27H24F3NO6/c1-35-22-12-17(13-23(36-2)24(22)37-3)21(32)14-26(34)19-9-4-5-10-20(19)31(25(26)33)15-16-7-6-8-18(11-16)27(28,29)30/h4-13,34H,14-15H2,1-3H3/t26-/m1/s1. The maximum atomic E-state index is 13.5. The number of carbonyl (C=O) groups is 2. The molecule has 3 aromatic rings. The Morgan fingerprint density at radius 2 is 1.59 bits per heavy atom. The lowest BCUT2D eigenvalue weighted by molar-refractivity contribution is -0.137. The number of halogens is 3. The number of aliphatic hydroxyl groups is 1. The van der Waals surface area contributed by atoms with Gasteiger partial charge in [0.15, 0.2) is 22.9 Å². The number of benzene rings is 3. The smallest absolute Gasteiger partial charge is 0.416 e. The molecule has 0 saturated carbocycles. The minimum atomic E-state index is -4.55. The fourth-order valence-electron chi connectivity index (χ4n) is 4.44. The molecule has 0 saturated heterocycles. The maximum Gasteiger partial charge on any atom is 0.416 e. The van der Waals surface area contributed by atoms with Gasteiger partial charge >= 0.3 is 6.18 Å². The highest BCUT2D eigenvalue weighted by Gasteiger charge is 2.51. The Labute approximate surface area is 211 Å². The minimum absolute atomic E-state index is 0.115. The van der Waals surface area contributed by atoms with E-state index in [0.29, 0.717) is 5.69 Å². The number of rotatable bonds is 8. The molecule has 0 spiro atoms. The molecule has 1 amide bonds. The first-order chi connectivity index (χ1) is 17.5. The van der Waals surface area contributed by atoms with Gasteiger partial charge in [-0.1, -0.05) is 30.3 Å². The van der Waals surface area contributed by atoms with Gasteiger partial charge in [-0.05, 0) is 35.9 Å². The number of anilines is 1. The number of hydrogen-bond donors (Lipinski definition) is 1. The molecule has 1 atom stereocenters. The van der Waals surface area contributed by atoms with Crippen LogP contribution in [0.5, 0.6) is 17.2 Å². The van der Waals surface area contributed by atoms with Gasteiger partial charge in [-0.25, -0.2) is 0 Å². The molecule has 0 fully saturated rings. The van der Waals surface area contributed by atoms with Gasteiger partial charge in [-0.2, -0.15) is 13.2 Å². The second-order valence-electron chi connectivity index (χ2n) is 8.48. The number of carbonyl (C=O) groups excluding carboxylic acids is 2. The summed E-state index contributed by atoms with van der Waals surface area (Å²) in [5.74, 6) is -0.671. The van der Waals surface area contributed by atoms with E-state index in [-0.39, 0.29) is 40.5 Å². The Bertz CT molecular complexity index is 1330. The van der Waals surface area contributed by atoms with Crippen LogP contribution in [0.2, 0.25) is 0 Å². The summed E-state index contributed by atoms with van der Waals surface area (Å²) in [6.07, 6.45) is -5.16. The molecule has 10 heteroatoms. The first-order valence-corrected chi connectivity index (χ1v) is 11.2. The molecule has 1 aliphatic heterocycles.